The van der Waals surface area contributed by atoms with Crippen molar-refractivity contribution in [3.8, 4) is 0 Å². The van der Waals surface area contributed by atoms with Gasteiger partial charge in [-0.05, 0) is 50.5 Å². The first-order valence-corrected chi connectivity index (χ1v) is 9.50. The molecule has 5 heteroatoms. The molecule has 0 unspecified atom stereocenters. The Morgan fingerprint density at radius 2 is 1.54 bits per heavy atom. The molecule has 0 aliphatic carbocycles. The van der Waals surface area contributed by atoms with Crippen molar-refractivity contribution >= 4 is 35.5 Å². The summed E-state index contributed by atoms with van der Waals surface area (Å²) in [5.41, 5.74) is 6.82. The van der Waals surface area contributed by atoms with Gasteiger partial charge < -0.3 is 10.2 Å². The number of benzene rings is 2. The molecule has 0 saturated heterocycles. The van der Waals surface area contributed by atoms with Crippen LogP contribution in [-0.4, -0.2) is 17.0 Å². The highest BCUT2D eigenvalue weighted by molar-refractivity contribution is 5.85. The quantitative estimate of drug-likeness (QED) is 0.531. The average molecular weight is 397 g/mol. The Morgan fingerprint density at radius 3 is 2.18 bits per heavy atom. The minimum Gasteiger partial charge on any atom is -0.329 e. The molecular formula is C23H29ClN4. The summed E-state index contributed by atoms with van der Waals surface area (Å²) in [6.07, 6.45) is 1.99. The van der Waals surface area contributed by atoms with E-state index in [4.69, 9.17) is 9.97 Å². The number of para-hydroxylation sites is 2. The van der Waals surface area contributed by atoms with Crippen molar-refractivity contribution in [3.05, 3.63) is 70.9 Å². The van der Waals surface area contributed by atoms with E-state index in [1.165, 1.54) is 11.1 Å². The van der Waals surface area contributed by atoms with Crippen LogP contribution < -0.4 is 10.2 Å². The van der Waals surface area contributed by atoms with E-state index in [0.29, 0.717) is 5.95 Å². The summed E-state index contributed by atoms with van der Waals surface area (Å²) in [5, 5.41) is 3.41. The molecule has 0 saturated carbocycles. The SMILES string of the molecule is CCCc1nc(Nc2ccccc2C)nc(N(C)c2ccccc2C)c1C.Cl. The van der Waals surface area contributed by atoms with Crippen LogP contribution in [0.4, 0.5) is 23.1 Å². The molecule has 0 aliphatic rings. The second kappa shape index (κ2) is 9.56. The summed E-state index contributed by atoms with van der Waals surface area (Å²) in [7, 11) is 2.07. The zero-order chi connectivity index (χ0) is 19.4. The maximum atomic E-state index is 4.87. The van der Waals surface area contributed by atoms with Gasteiger partial charge in [0, 0.05) is 24.0 Å². The highest BCUT2D eigenvalue weighted by atomic mass is 35.5. The monoisotopic (exact) mass is 396 g/mol. The van der Waals surface area contributed by atoms with Gasteiger partial charge in [-0.1, -0.05) is 49.7 Å². The lowest BCUT2D eigenvalue weighted by atomic mass is 10.1. The Hall–Kier alpha value is -2.59. The van der Waals surface area contributed by atoms with Crippen LogP contribution in [-0.2, 0) is 6.42 Å². The van der Waals surface area contributed by atoms with Crippen molar-refractivity contribution in [2.75, 3.05) is 17.3 Å². The van der Waals surface area contributed by atoms with Crippen molar-refractivity contribution in [1.29, 1.82) is 0 Å². The molecule has 0 aliphatic heterocycles. The Labute approximate surface area is 174 Å². The molecule has 0 atom stereocenters. The molecule has 0 spiro atoms. The molecule has 0 radical (unpaired) electrons. The Balaban J connectivity index is 0.00000280. The Morgan fingerprint density at radius 1 is 0.893 bits per heavy atom. The van der Waals surface area contributed by atoms with Crippen LogP contribution in [0, 0.1) is 20.8 Å². The fraction of sp³-hybridized carbons (Fsp3) is 0.304. The fourth-order valence-corrected chi connectivity index (χ4v) is 3.30. The largest absolute Gasteiger partial charge is 0.329 e. The number of nitrogens with one attached hydrogen (secondary N) is 1. The first kappa shape index (κ1) is 21.7. The van der Waals surface area contributed by atoms with Gasteiger partial charge >= 0.3 is 0 Å². The third-order valence-corrected chi connectivity index (χ3v) is 4.89. The van der Waals surface area contributed by atoms with Crippen molar-refractivity contribution in [2.24, 2.45) is 0 Å². The van der Waals surface area contributed by atoms with Gasteiger partial charge in [0.2, 0.25) is 5.95 Å². The van der Waals surface area contributed by atoms with E-state index in [1.54, 1.807) is 0 Å². The zero-order valence-electron chi connectivity index (χ0n) is 17.3. The van der Waals surface area contributed by atoms with Gasteiger partial charge in [-0.25, -0.2) is 4.98 Å². The number of aromatic nitrogens is 2. The predicted molar refractivity (Wildman–Crippen MR) is 122 cm³/mol. The van der Waals surface area contributed by atoms with Crippen LogP contribution in [0.15, 0.2) is 48.5 Å². The molecule has 28 heavy (non-hydrogen) atoms. The van der Waals surface area contributed by atoms with Crippen LogP contribution in [0.2, 0.25) is 0 Å². The van der Waals surface area contributed by atoms with Crippen LogP contribution in [0.1, 0.15) is 35.7 Å². The number of halogens is 1. The average Bonchev–Trinajstić information content (AvgIpc) is 2.66. The van der Waals surface area contributed by atoms with E-state index in [2.05, 4.69) is 81.4 Å². The number of hydrogen-bond donors (Lipinski definition) is 1. The highest BCUT2D eigenvalue weighted by Crippen LogP contribution is 2.30. The lowest BCUT2D eigenvalue weighted by molar-refractivity contribution is 0.858. The second-order valence-electron chi connectivity index (χ2n) is 6.98. The third-order valence-electron chi connectivity index (χ3n) is 4.89. The number of rotatable bonds is 6. The van der Waals surface area contributed by atoms with Gasteiger partial charge in [0.15, 0.2) is 0 Å². The van der Waals surface area contributed by atoms with Crippen LogP contribution in [0.5, 0.6) is 0 Å². The van der Waals surface area contributed by atoms with Gasteiger partial charge in [0.25, 0.3) is 0 Å². The topological polar surface area (TPSA) is 41.1 Å². The Kier molecular flexibility index (Phi) is 7.41. The summed E-state index contributed by atoms with van der Waals surface area (Å²) in [6, 6.07) is 16.6. The van der Waals surface area contributed by atoms with Gasteiger partial charge in [-0.2, -0.15) is 4.98 Å². The molecule has 2 aromatic carbocycles. The number of nitrogens with zero attached hydrogens (tertiary/aromatic N) is 3. The summed E-state index contributed by atoms with van der Waals surface area (Å²) in [5.74, 6) is 1.59. The zero-order valence-corrected chi connectivity index (χ0v) is 18.1. The fourth-order valence-electron chi connectivity index (χ4n) is 3.30. The summed E-state index contributed by atoms with van der Waals surface area (Å²) in [4.78, 5) is 11.8. The standard InChI is InChI=1S/C23H28N4.ClH/c1-6-11-20-18(4)22(27(5)21-15-10-8-13-17(21)3)26-23(25-20)24-19-14-9-7-12-16(19)2;/h7-10,12-15H,6,11H2,1-5H3,(H,24,25,26);1H. The first-order chi connectivity index (χ1) is 13.0. The minimum absolute atomic E-state index is 0. The number of aryl methyl sites for hydroxylation is 3. The molecular weight excluding hydrogens is 368 g/mol. The summed E-state index contributed by atoms with van der Waals surface area (Å²) in [6.45, 7) is 8.51. The van der Waals surface area contributed by atoms with Crippen molar-refractivity contribution in [3.63, 3.8) is 0 Å². The van der Waals surface area contributed by atoms with E-state index >= 15 is 0 Å². The van der Waals surface area contributed by atoms with Crippen molar-refractivity contribution in [1.82, 2.24) is 9.97 Å². The molecule has 0 amide bonds. The molecule has 1 heterocycles. The van der Waals surface area contributed by atoms with Crippen molar-refractivity contribution in [2.45, 2.75) is 40.5 Å². The molecule has 4 nitrogen and oxygen atoms in total. The van der Waals surface area contributed by atoms with E-state index in [0.717, 1.165) is 41.3 Å². The predicted octanol–water partition coefficient (Wildman–Crippen LogP) is 6.29. The molecule has 148 valence electrons. The molecule has 0 fully saturated rings. The molecule has 1 N–H and O–H groups in total. The number of hydrogen-bond acceptors (Lipinski definition) is 4. The highest BCUT2D eigenvalue weighted by Gasteiger charge is 2.16. The maximum absolute atomic E-state index is 4.87. The van der Waals surface area contributed by atoms with Crippen LogP contribution >= 0.6 is 12.4 Å². The minimum atomic E-state index is 0. The van der Waals surface area contributed by atoms with E-state index in [1.807, 2.05) is 12.1 Å². The van der Waals surface area contributed by atoms with Crippen LogP contribution in [0.3, 0.4) is 0 Å². The van der Waals surface area contributed by atoms with Gasteiger partial charge in [0.05, 0.1) is 5.69 Å². The first-order valence-electron chi connectivity index (χ1n) is 9.50. The smallest absolute Gasteiger partial charge is 0.229 e. The van der Waals surface area contributed by atoms with Gasteiger partial charge in [0.1, 0.15) is 5.82 Å². The van der Waals surface area contributed by atoms with E-state index < -0.39 is 0 Å². The maximum Gasteiger partial charge on any atom is 0.229 e. The molecule has 0 bridgehead atoms. The molecule has 3 rings (SSSR count). The van der Waals surface area contributed by atoms with Crippen LogP contribution in [0.25, 0.3) is 0 Å². The number of anilines is 4. The van der Waals surface area contributed by atoms with Gasteiger partial charge in [-0.3, -0.25) is 0 Å². The second-order valence-corrected chi connectivity index (χ2v) is 6.98. The van der Waals surface area contributed by atoms with E-state index in [-0.39, 0.29) is 12.4 Å². The lowest BCUT2D eigenvalue weighted by Gasteiger charge is -2.24. The normalized spacial score (nSPS) is 10.3. The molecule has 1 aromatic heterocycles. The lowest BCUT2D eigenvalue weighted by Crippen LogP contribution is -2.17. The third kappa shape index (κ3) is 4.63. The van der Waals surface area contributed by atoms with E-state index in [9.17, 15) is 0 Å². The summed E-state index contributed by atoms with van der Waals surface area (Å²) >= 11 is 0. The van der Waals surface area contributed by atoms with Gasteiger partial charge in [-0.15, -0.1) is 12.4 Å². The summed E-state index contributed by atoms with van der Waals surface area (Å²) < 4.78 is 0. The molecule has 3 aromatic rings. The Bertz CT molecular complexity index is 940. The van der Waals surface area contributed by atoms with Crippen molar-refractivity contribution < 1.29 is 0 Å².